The van der Waals surface area contributed by atoms with Crippen molar-refractivity contribution in [3.05, 3.63) is 144 Å². The summed E-state index contributed by atoms with van der Waals surface area (Å²) in [4.78, 5) is 25.5. The maximum atomic E-state index is 12.8. The largest absolute Gasteiger partial charge is 0.446 e. The predicted octanol–water partition coefficient (Wildman–Crippen LogP) is 7.42. The van der Waals surface area contributed by atoms with Crippen LogP contribution in [0.4, 0.5) is 0 Å². The van der Waals surface area contributed by atoms with Gasteiger partial charge in [-0.15, -0.1) is 0 Å². The number of amides is 2. The van der Waals surface area contributed by atoms with Gasteiger partial charge in [-0.05, 0) is 67.4 Å². The summed E-state index contributed by atoms with van der Waals surface area (Å²) in [7, 11) is 0. The van der Waals surface area contributed by atoms with Crippen LogP contribution in [0, 0.1) is 0 Å². The lowest BCUT2D eigenvalue weighted by Gasteiger charge is -2.08. The van der Waals surface area contributed by atoms with Crippen LogP contribution in [0.5, 0.6) is 0 Å². The van der Waals surface area contributed by atoms with E-state index in [9.17, 15) is 9.59 Å². The molecule has 7 heteroatoms. The molecule has 0 aliphatic rings. The van der Waals surface area contributed by atoms with E-state index >= 15 is 0 Å². The molecule has 2 amide bonds. The van der Waals surface area contributed by atoms with Gasteiger partial charge in [-0.2, -0.15) is 10.2 Å². The molecule has 0 fully saturated rings. The van der Waals surface area contributed by atoms with Crippen LogP contribution in [0.25, 0.3) is 43.1 Å². The van der Waals surface area contributed by atoms with Crippen molar-refractivity contribution in [3.63, 3.8) is 0 Å². The van der Waals surface area contributed by atoms with Crippen LogP contribution in [0.3, 0.4) is 0 Å². The fourth-order valence-electron chi connectivity index (χ4n) is 5.38. The van der Waals surface area contributed by atoms with Gasteiger partial charge in [0.15, 0.2) is 11.5 Å². The molecule has 1 aromatic heterocycles. The molecule has 6 aromatic carbocycles. The molecule has 43 heavy (non-hydrogen) atoms. The molecule has 0 saturated carbocycles. The molecular weight excluding hydrogens is 536 g/mol. The van der Waals surface area contributed by atoms with Gasteiger partial charge in [0.2, 0.25) is 0 Å². The van der Waals surface area contributed by atoms with Crippen molar-refractivity contribution < 1.29 is 14.0 Å². The minimum absolute atomic E-state index is 0.0471. The highest BCUT2D eigenvalue weighted by atomic mass is 16.4. The van der Waals surface area contributed by atoms with E-state index in [1.165, 1.54) is 12.1 Å². The molecule has 0 saturated heterocycles. The molecule has 0 unspecified atom stereocenters. The Morgan fingerprint density at radius 1 is 0.488 bits per heavy atom. The average Bonchev–Trinajstić information content (AvgIpc) is 3.55. The van der Waals surface area contributed by atoms with Crippen LogP contribution in [0.15, 0.2) is 136 Å². The topological polar surface area (TPSA) is 96.1 Å². The van der Waals surface area contributed by atoms with Gasteiger partial charge in [-0.25, -0.2) is 10.9 Å². The number of carbonyl (C=O) groups excluding carboxylic acids is 2. The van der Waals surface area contributed by atoms with E-state index in [1.807, 2.05) is 97.1 Å². The maximum absolute atomic E-state index is 12.8. The summed E-state index contributed by atoms with van der Waals surface area (Å²) in [5.41, 5.74) is 6.79. The molecule has 1 heterocycles. The fourth-order valence-corrected chi connectivity index (χ4v) is 5.38. The van der Waals surface area contributed by atoms with Crippen molar-refractivity contribution in [1.29, 1.82) is 0 Å². The summed E-state index contributed by atoms with van der Waals surface area (Å²) >= 11 is 0. The molecule has 0 aliphatic carbocycles. The highest BCUT2D eigenvalue weighted by Crippen LogP contribution is 2.28. The smallest absolute Gasteiger partial charge is 0.307 e. The van der Waals surface area contributed by atoms with E-state index < -0.39 is 11.8 Å². The van der Waals surface area contributed by atoms with Gasteiger partial charge >= 0.3 is 11.8 Å². The van der Waals surface area contributed by atoms with Gasteiger partial charge in [0.25, 0.3) is 0 Å². The monoisotopic (exact) mass is 560 g/mol. The number of hydrazone groups is 2. The Morgan fingerprint density at radius 2 is 0.814 bits per heavy atom. The van der Waals surface area contributed by atoms with Gasteiger partial charge in [0, 0.05) is 11.1 Å². The van der Waals surface area contributed by atoms with E-state index in [2.05, 4.69) is 33.2 Å². The number of furan rings is 1. The molecule has 0 bridgehead atoms. The van der Waals surface area contributed by atoms with Crippen LogP contribution in [-0.4, -0.2) is 24.2 Å². The fraction of sp³-hybridized carbons (Fsp3) is 0. The zero-order chi connectivity index (χ0) is 29.2. The first-order valence-electron chi connectivity index (χ1n) is 13.7. The molecular formula is C36H24N4O3. The Bertz CT molecular complexity index is 1980. The normalized spacial score (nSPS) is 11.7. The highest BCUT2D eigenvalue weighted by Gasteiger charge is 2.15. The number of hydrogen-bond donors (Lipinski definition) is 2. The Morgan fingerprint density at radius 3 is 1.16 bits per heavy atom. The second-order valence-electron chi connectivity index (χ2n) is 10.0. The maximum Gasteiger partial charge on any atom is 0.307 e. The molecule has 7 nitrogen and oxygen atoms in total. The second-order valence-corrected chi connectivity index (χ2v) is 10.0. The van der Waals surface area contributed by atoms with Crippen molar-refractivity contribution in [2.45, 2.75) is 0 Å². The van der Waals surface area contributed by atoms with Gasteiger partial charge in [-0.3, -0.25) is 9.59 Å². The van der Waals surface area contributed by atoms with Crippen LogP contribution < -0.4 is 10.9 Å². The first-order valence-corrected chi connectivity index (χ1v) is 13.7. The summed E-state index contributed by atoms with van der Waals surface area (Å²) in [5, 5.41) is 16.8. The lowest BCUT2D eigenvalue weighted by molar-refractivity contribution is 0.0902. The third-order valence-electron chi connectivity index (χ3n) is 7.40. The van der Waals surface area contributed by atoms with E-state index in [1.54, 1.807) is 12.4 Å². The van der Waals surface area contributed by atoms with Crippen LogP contribution in [0.1, 0.15) is 32.2 Å². The SMILES string of the molecule is O=C(NN=Cc1c2ccccc2cc2ccccc12)c1ccc(C(=O)NN=Cc2c3ccccc3cc3ccccc23)o1. The van der Waals surface area contributed by atoms with E-state index in [-0.39, 0.29) is 11.5 Å². The molecule has 0 spiro atoms. The molecule has 0 radical (unpaired) electrons. The number of fused-ring (bicyclic) bond motifs is 4. The predicted molar refractivity (Wildman–Crippen MR) is 172 cm³/mol. The van der Waals surface area contributed by atoms with Gasteiger partial charge in [0.1, 0.15) is 0 Å². The highest BCUT2D eigenvalue weighted by molar-refractivity contribution is 6.14. The van der Waals surface area contributed by atoms with E-state index in [0.717, 1.165) is 54.2 Å². The van der Waals surface area contributed by atoms with Crippen molar-refractivity contribution in [3.8, 4) is 0 Å². The van der Waals surface area contributed by atoms with Crippen LogP contribution >= 0.6 is 0 Å². The Hall–Kier alpha value is -6.08. The second kappa shape index (κ2) is 11.1. The number of benzene rings is 6. The number of nitrogens with zero attached hydrogens (tertiary/aromatic N) is 2. The molecule has 7 aromatic rings. The Kier molecular flexibility index (Phi) is 6.65. The Labute approximate surface area is 246 Å². The first kappa shape index (κ1) is 25.9. The number of hydrogen-bond acceptors (Lipinski definition) is 5. The lowest BCUT2D eigenvalue weighted by Crippen LogP contribution is -2.18. The molecule has 7 rings (SSSR count). The van der Waals surface area contributed by atoms with Crippen molar-refractivity contribution in [2.75, 3.05) is 0 Å². The average molecular weight is 561 g/mol. The minimum atomic E-state index is -0.578. The lowest BCUT2D eigenvalue weighted by atomic mass is 9.97. The summed E-state index contributed by atoms with van der Waals surface area (Å²) in [5.74, 6) is -1.25. The third-order valence-corrected chi connectivity index (χ3v) is 7.40. The zero-order valence-corrected chi connectivity index (χ0v) is 22.8. The molecule has 0 aliphatic heterocycles. The first-order chi connectivity index (χ1) is 21.2. The molecule has 0 atom stereocenters. The zero-order valence-electron chi connectivity index (χ0n) is 22.8. The minimum Gasteiger partial charge on any atom is -0.446 e. The third kappa shape index (κ3) is 5.00. The molecule has 206 valence electrons. The van der Waals surface area contributed by atoms with Gasteiger partial charge in [0.05, 0.1) is 12.4 Å². The van der Waals surface area contributed by atoms with Crippen molar-refractivity contribution >= 4 is 67.3 Å². The number of rotatable bonds is 6. The Balaban J connectivity index is 1.07. The standard InChI is InChI=1S/C36H24N4O3/c41-35(39-37-21-31-27-13-5-1-9-23(27)19-24-10-2-6-14-28(24)31)33-17-18-34(43-33)36(42)40-38-22-32-29-15-7-3-11-25(29)20-26-12-4-8-16-30(26)32/h1-22H,(H,39,41)(H,40,42). The quantitative estimate of drug-likeness (QED) is 0.126. The van der Waals surface area contributed by atoms with Crippen LogP contribution in [-0.2, 0) is 0 Å². The van der Waals surface area contributed by atoms with Crippen LogP contribution in [0.2, 0.25) is 0 Å². The number of carbonyl (C=O) groups is 2. The molecule has 2 N–H and O–H groups in total. The summed E-state index contributed by atoms with van der Waals surface area (Å²) in [6, 6.07) is 39.2. The van der Waals surface area contributed by atoms with E-state index in [4.69, 9.17) is 4.42 Å². The van der Waals surface area contributed by atoms with Gasteiger partial charge in [-0.1, -0.05) is 97.1 Å². The van der Waals surface area contributed by atoms with E-state index in [0.29, 0.717) is 0 Å². The summed E-state index contributed by atoms with van der Waals surface area (Å²) in [6.07, 6.45) is 3.26. The van der Waals surface area contributed by atoms with Crippen molar-refractivity contribution in [1.82, 2.24) is 10.9 Å². The van der Waals surface area contributed by atoms with Gasteiger partial charge < -0.3 is 4.42 Å². The van der Waals surface area contributed by atoms with Crippen molar-refractivity contribution in [2.24, 2.45) is 10.2 Å². The summed E-state index contributed by atoms with van der Waals surface area (Å²) < 4.78 is 5.52. The number of nitrogens with one attached hydrogen (secondary N) is 2. The summed E-state index contributed by atoms with van der Waals surface area (Å²) in [6.45, 7) is 0.